The molecule has 2 heterocycles. The van der Waals surface area contributed by atoms with Gasteiger partial charge in [0.15, 0.2) is 0 Å². The van der Waals surface area contributed by atoms with Crippen molar-refractivity contribution in [2.45, 2.75) is 25.4 Å². The van der Waals surface area contributed by atoms with Gasteiger partial charge >= 0.3 is 0 Å². The lowest BCUT2D eigenvalue weighted by molar-refractivity contribution is 0.188. The van der Waals surface area contributed by atoms with E-state index in [9.17, 15) is 0 Å². The zero-order chi connectivity index (χ0) is 13.9. The fourth-order valence-electron chi connectivity index (χ4n) is 3.02. The fourth-order valence-corrected chi connectivity index (χ4v) is 3.55. The second kappa shape index (κ2) is 9.04. The van der Waals surface area contributed by atoms with Crippen molar-refractivity contribution >= 4 is 51.6 Å². The lowest BCUT2D eigenvalue weighted by Crippen LogP contribution is -2.43. The van der Waals surface area contributed by atoms with E-state index in [0.717, 1.165) is 23.1 Å². The quantitative estimate of drug-likeness (QED) is 0.833. The molecular formula is C16H22BrCl2N3. The van der Waals surface area contributed by atoms with E-state index in [1.165, 1.54) is 30.3 Å². The summed E-state index contributed by atoms with van der Waals surface area (Å²) >= 11 is 3.61. The Bertz CT molecular complexity index is 609. The summed E-state index contributed by atoms with van der Waals surface area (Å²) in [5.74, 6) is 0. The summed E-state index contributed by atoms with van der Waals surface area (Å²) in [5.41, 5.74) is 2.44. The number of fused-ring (bicyclic) bond motifs is 1. The van der Waals surface area contributed by atoms with Crippen molar-refractivity contribution in [3.63, 3.8) is 0 Å². The van der Waals surface area contributed by atoms with E-state index < -0.39 is 0 Å². The number of halogens is 3. The fraction of sp³-hybridized carbons (Fsp3) is 0.438. The molecule has 2 aromatic rings. The molecule has 1 aromatic carbocycles. The maximum Gasteiger partial charge on any atom is 0.0747 e. The number of likely N-dealkylation sites (N-methyl/N-ethyl adjacent to an activating group) is 1. The molecule has 3 rings (SSSR count). The second-order valence-electron chi connectivity index (χ2n) is 5.50. The highest BCUT2D eigenvalue weighted by Gasteiger charge is 2.19. The van der Waals surface area contributed by atoms with E-state index in [4.69, 9.17) is 0 Å². The Hall–Kier alpha value is -0.390. The third-order valence-corrected chi connectivity index (χ3v) is 4.51. The monoisotopic (exact) mass is 405 g/mol. The topological polar surface area (TPSA) is 28.2 Å². The van der Waals surface area contributed by atoms with Crippen molar-refractivity contribution in [3.05, 3.63) is 40.5 Å². The number of nitrogens with zero attached hydrogens (tertiary/aromatic N) is 2. The molecule has 6 heteroatoms. The van der Waals surface area contributed by atoms with Crippen LogP contribution >= 0.6 is 40.7 Å². The molecule has 1 saturated heterocycles. The number of benzene rings is 1. The smallest absolute Gasteiger partial charge is 0.0747 e. The molecule has 1 aromatic heterocycles. The first-order chi connectivity index (χ1) is 9.76. The van der Waals surface area contributed by atoms with Crippen LogP contribution in [-0.4, -0.2) is 36.1 Å². The van der Waals surface area contributed by atoms with Gasteiger partial charge in [0.05, 0.1) is 5.52 Å². The van der Waals surface area contributed by atoms with Crippen LogP contribution in [0, 0.1) is 0 Å². The second-order valence-corrected chi connectivity index (χ2v) is 6.42. The molecule has 0 spiro atoms. The molecule has 1 unspecified atom stereocenters. The van der Waals surface area contributed by atoms with Crippen LogP contribution in [0.4, 0.5) is 0 Å². The van der Waals surface area contributed by atoms with Gasteiger partial charge in [0.1, 0.15) is 0 Å². The molecule has 1 atom stereocenters. The molecule has 0 aliphatic carbocycles. The van der Waals surface area contributed by atoms with Gasteiger partial charge in [0.2, 0.25) is 0 Å². The largest absolute Gasteiger partial charge is 0.316 e. The number of nitrogens with one attached hydrogen (secondary N) is 1. The van der Waals surface area contributed by atoms with Crippen LogP contribution in [0.5, 0.6) is 0 Å². The Morgan fingerprint density at radius 2 is 2.18 bits per heavy atom. The molecular weight excluding hydrogens is 385 g/mol. The highest BCUT2D eigenvalue weighted by molar-refractivity contribution is 9.10. The van der Waals surface area contributed by atoms with E-state index in [-0.39, 0.29) is 24.8 Å². The van der Waals surface area contributed by atoms with E-state index in [0.29, 0.717) is 6.04 Å². The van der Waals surface area contributed by atoms with Crippen LogP contribution in [0.3, 0.4) is 0 Å². The van der Waals surface area contributed by atoms with Crippen molar-refractivity contribution in [3.8, 4) is 0 Å². The van der Waals surface area contributed by atoms with Crippen LogP contribution in [0.2, 0.25) is 0 Å². The van der Waals surface area contributed by atoms with Gasteiger partial charge in [-0.1, -0.05) is 22.0 Å². The summed E-state index contributed by atoms with van der Waals surface area (Å²) < 4.78 is 1.13. The normalized spacial score (nSPS) is 18.5. The van der Waals surface area contributed by atoms with Gasteiger partial charge in [0, 0.05) is 35.2 Å². The maximum absolute atomic E-state index is 4.56. The summed E-state index contributed by atoms with van der Waals surface area (Å²) in [4.78, 5) is 7.09. The SMILES string of the molecule is CNC1CCCN(Cc2cc(Br)cc3cccnc23)C1.Cl.Cl. The standard InChI is InChI=1S/C16H20BrN3.2ClH/c1-18-15-5-3-7-20(11-15)10-13-9-14(17)8-12-4-2-6-19-16(12)13;;/h2,4,6,8-9,15,18H,3,5,7,10-11H2,1H3;2*1H. The number of hydrogen-bond acceptors (Lipinski definition) is 3. The summed E-state index contributed by atoms with van der Waals surface area (Å²) in [5, 5.41) is 4.61. The maximum atomic E-state index is 4.56. The minimum atomic E-state index is 0. The summed E-state index contributed by atoms with van der Waals surface area (Å²) in [7, 11) is 2.06. The van der Waals surface area contributed by atoms with Gasteiger partial charge in [-0.25, -0.2) is 0 Å². The van der Waals surface area contributed by atoms with Crippen molar-refractivity contribution in [2.75, 3.05) is 20.1 Å². The Balaban J connectivity index is 0.00000121. The zero-order valence-electron chi connectivity index (χ0n) is 12.6. The van der Waals surface area contributed by atoms with Gasteiger partial charge < -0.3 is 5.32 Å². The summed E-state index contributed by atoms with van der Waals surface area (Å²) in [6.45, 7) is 3.28. The van der Waals surface area contributed by atoms with Crippen molar-refractivity contribution in [2.24, 2.45) is 0 Å². The zero-order valence-corrected chi connectivity index (χ0v) is 15.8. The predicted octanol–water partition coefficient (Wildman–Crippen LogP) is 4.02. The van der Waals surface area contributed by atoms with Crippen LogP contribution in [0.15, 0.2) is 34.9 Å². The number of hydrogen-bond donors (Lipinski definition) is 1. The summed E-state index contributed by atoms with van der Waals surface area (Å²) in [6.07, 6.45) is 4.43. The molecule has 1 aliphatic rings. The van der Waals surface area contributed by atoms with Gasteiger partial charge in [-0.2, -0.15) is 0 Å². The first-order valence-corrected chi connectivity index (χ1v) is 7.98. The van der Waals surface area contributed by atoms with E-state index in [1.807, 2.05) is 12.3 Å². The molecule has 22 heavy (non-hydrogen) atoms. The molecule has 0 saturated carbocycles. The molecule has 1 N–H and O–H groups in total. The molecule has 0 radical (unpaired) electrons. The first kappa shape index (κ1) is 19.7. The van der Waals surface area contributed by atoms with Gasteiger partial charge in [-0.3, -0.25) is 9.88 Å². The van der Waals surface area contributed by atoms with Gasteiger partial charge in [-0.15, -0.1) is 24.8 Å². The van der Waals surface area contributed by atoms with E-state index in [2.05, 4.69) is 56.4 Å². The number of rotatable bonds is 3. The Morgan fingerprint density at radius 3 is 2.95 bits per heavy atom. The van der Waals surface area contributed by atoms with Crippen molar-refractivity contribution < 1.29 is 0 Å². The number of piperidine rings is 1. The third-order valence-electron chi connectivity index (χ3n) is 4.06. The lowest BCUT2D eigenvalue weighted by atomic mass is 10.0. The minimum Gasteiger partial charge on any atom is -0.316 e. The number of pyridine rings is 1. The van der Waals surface area contributed by atoms with Crippen molar-refractivity contribution in [1.29, 1.82) is 0 Å². The van der Waals surface area contributed by atoms with Gasteiger partial charge in [0.25, 0.3) is 0 Å². The molecule has 3 nitrogen and oxygen atoms in total. The first-order valence-electron chi connectivity index (χ1n) is 7.19. The molecule has 1 fully saturated rings. The highest BCUT2D eigenvalue weighted by atomic mass is 79.9. The lowest BCUT2D eigenvalue weighted by Gasteiger charge is -2.32. The Kier molecular flexibility index (Phi) is 8.08. The van der Waals surface area contributed by atoms with Gasteiger partial charge in [-0.05, 0) is 50.2 Å². The Labute approximate surface area is 152 Å². The molecule has 0 amide bonds. The average Bonchev–Trinajstić information content (AvgIpc) is 2.47. The predicted molar refractivity (Wildman–Crippen MR) is 101 cm³/mol. The van der Waals surface area contributed by atoms with E-state index in [1.54, 1.807) is 0 Å². The number of likely N-dealkylation sites (tertiary alicyclic amines) is 1. The minimum absolute atomic E-state index is 0. The third kappa shape index (κ3) is 4.56. The Morgan fingerprint density at radius 1 is 1.36 bits per heavy atom. The van der Waals surface area contributed by atoms with Crippen LogP contribution in [-0.2, 0) is 6.54 Å². The van der Waals surface area contributed by atoms with E-state index >= 15 is 0 Å². The molecule has 122 valence electrons. The molecule has 0 bridgehead atoms. The number of aromatic nitrogens is 1. The van der Waals surface area contributed by atoms with Crippen LogP contribution in [0.25, 0.3) is 10.9 Å². The van der Waals surface area contributed by atoms with Crippen LogP contribution < -0.4 is 5.32 Å². The molecule has 1 aliphatic heterocycles. The highest BCUT2D eigenvalue weighted by Crippen LogP contribution is 2.24. The average molecular weight is 407 g/mol. The van der Waals surface area contributed by atoms with Crippen molar-refractivity contribution in [1.82, 2.24) is 15.2 Å². The summed E-state index contributed by atoms with van der Waals surface area (Å²) in [6, 6.07) is 9.09. The van der Waals surface area contributed by atoms with Crippen LogP contribution in [0.1, 0.15) is 18.4 Å².